The minimum Gasteiger partial charge on any atom is -0.423 e. The van der Waals surface area contributed by atoms with Crippen molar-refractivity contribution in [2.75, 3.05) is 0 Å². The molecule has 2 aromatic rings. The summed E-state index contributed by atoms with van der Waals surface area (Å²) in [6, 6.07) is 7.19. The summed E-state index contributed by atoms with van der Waals surface area (Å²) in [5.41, 5.74) is 5.94. The van der Waals surface area contributed by atoms with Gasteiger partial charge in [-0.2, -0.15) is 0 Å². The van der Waals surface area contributed by atoms with Gasteiger partial charge in [-0.25, -0.2) is 9.59 Å². The van der Waals surface area contributed by atoms with Crippen molar-refractivity contribution in [3.8, 4) is 22.6 Å². The lowest BCUT2D eigenvalue weighted by Gasteiger charge is -2.22. The minimum atomic E-state index is -0.508. The van der Waals surface area contributed by atoms with Gasteiger partial charge in [0.15, 0.2) is 0 Å². The van der Waals surface area contributed by atoms with E-state index in [0.29, 0.717) is 28.2 Å². The van der Waals surface area contributed by atoms with Crippen molar-refractivity contribution in [2.24, 2.45) is 0 Å². The molecule has 0 heterocycles. The zero-order chi connectivity index (χ0) is 21.2. The van der Waals surface area contributed by atoms with Crippen molar-refractivity contribution in [1.82, 2.24) is 0 Å². The summed E-state index contributed by atoms with van der Waals surface area (Å²) in [6.07, 6.45) is 0. The highest BCUT2D eigenvalue weighted by molar-refractivity contribution is 5.93. The predicted molar refractivity (Wildman–Crippen MR) is 112 cm³/mol. The van der Waals surface area contributed by atoms with Gasteiger partial charge in [0.1, 0.15) is 11.5 Å². The van der Waals surface area contributed by atoms with Crippen LogP contribution in [-0.4, -0.2) is 11.9 Å². The highest BCUT2D eigenvalue weighted by Gasteiger charge is 2.23. The number of carbonyl (C=O) groups is 2. The van der Waals surface area contributed by atoms with E-state index in [4.69, 9.17) is 9.47 Å². The highest BCUT2D eigenvalue weighted by atomic mass is 16.5. The number of rotatable bonds is 5. The van der Waals surface area contributed by atoms with Crippen LogP contribution in [0.3, 0.4) is 0 Å². The Balaban J connectivity index is 2.78. The number of esters is 2. The van der Waals surface area contributed by atoms with E-state index >= 15 is 0 Å². The quantitative estimate of drug-likeness (QED) is 0.389. The van der Waals surface area contributed by atoms with Crippen LogP contribution in [0.2, 0.25) is 0 Å². The zero-order valence-electron chi connectivity index (χ0n) is 17.4. The van der Waals surface area contributed by atoms with Gasteiger partial charge in [-0.15, -0.1) is 0 Å². The second-order valence-electron chi connectivity index (χ2n) is 7.04. The Labute approximate surface area is 166 Å². The predicted octanol–water partition coefficient (Wildman–Crippen LogP) is 5.55. The van der Waals surface area contributed by atoms with Crippen LogP contribution in [0.4, 0.5) is 0 Å². The fraction of sp³-hybridized carbons (Fsp3) is 0.250. The summed E-state index contributed by atoms with van der Waals surface area (Å²) in [5, 5.41) is 0. The fourth-order valence-corrected chi connectivity index (χ4v) is 2.86. The number of ether oxygens (including phenoxy) is 2. The van der Waals surface area contributed by atoms with Gasteiger partial charge in [-0.3, -0.25) is 0 Å². The van der Waals surface area contributed by atoms with E-state index in [1.807, 2.05) is 39.8 Å². The smallest absolute Gasteiger partial charge is 0.338 e. The average molecular weight is 378 g/mol. The molecule has 0 atom stereocenters. The van der Waals surface area contributed by atoms with Crippen LogP contribution in [0, 0.1) is 27.7 Å². The maximum absolute atomic E-state index is 12.3. The van der Waals surface area contributed by atoms with Gasteiger partial charge in [-0.1, -0.05) is 31.4 Å². The van der Waals surface area contributed by atoms with Crippen molar-refractivity contribution in [3.63, 3.8) is 0 Å². The molecule has 4 heteroatoms. The topological polar surface area (TPSA) is 52.6 Å². The maximum atomic E-state index is 12.3. The van der Waals surface area contributed by atoms with Crippen LogP contribution in [0.25, 0.3) is 11.1 Å². The Morgan fingerprint density at radius 1 is 0.750 bits per heavy atom. The minimum absolute atomic E-state index is 0.303. The number of hydrogen-bond acceptors (Lipinski definition) is 4. The molecular formula is C24H26O4. The molecule has 0 aliphatic carbocycles. The Hall–Kier alpha value is -3.14. The Morgan fingerprint density at radius 3 is 1.82 bits per heavy atom. The number of benzene rings is 2. The molecule has 0 bridgehead atoms. The Bertz CT molecular complexity index is 996. The third kappa shape index (κ3) is 4.06. The molecule has 28 heavy (non-hydrogen) atoms. The molecule has 0 radical (unpaired) electrons. The number of hydrogen-bond donors (Lipinski definition) is 0. The summed E-state index contributed by atoms with van der Waals surface area (Å²) < 4.78 is 11.3. The van der Waals surface area contributed by atoms with Crippen LogP contribution in [0.1, 0.15) is 36.1 Å². The van der Waals surface area contributed by atoms with Gasteiger partial charge in [-0.05, 0) is 69.9 Å². The van der Waals surface area contributed by atoms with Gasteiger partial charge in [0.25, 0.3) is 0 Å². The van der Waals surface area contributed by atoms with Crippen molar-refractivity contribution in [2.45, 2.75) is 41.5 Å². The highest BCUT2D eigenvalue weighted by Crippen LogP contribution is 2.43. The van der Waals surface area contributed by atoms with Crippen molar-refractivity contribution >= 4 is 11.9 Å². The van der Waals surface area contributed by atoms with E-state index < -0.39 is 11.9 Å². The summed E-state index contributed by atoms with van der Waals surface area (Å²) >= 11 is 0. The molecule has 0 aliphatic heterocycles. The van der Waals surface area contributed by atoms with Crippen LogP contribution < -0.4 is 9.47 Å². The fourth-order valence-electron chi connectivity index (χ4n) is 2.86. The molecule has 0 amide bonds. The van der Waals surface area contributed by atoms with Gasteiger partial charge in [0.2, 0.25) is 0 Å². The number of carbonyl (C=O) groups excluding carboxylic acids is 2. The van der Waals surface area contributed by atoms with Crippen LogP contribution in [-0.2, 0) is 9.59 Å². The van der Waals surface area contributed by atoms with Gasteiger partial charge in [0, 0.05) is 22.3 Å². The summed E-state index contributed by atoms with van der Waals surface area (Å²) in [6.45, 7) is 18.4. The first-order valence-corrected chi connectivity index (χ1v) is 9.01. The van der Waals surface area contributed by atoms with Crippen molar-refractivity contribution in [3.05, 3.63) is 70.8 Å². The lowest BCUT2D eigenvalue weighted by molar-refractivity contribution is -0.131. The molecule has 0 saturated heterocycles. The molecule has 0 N–H and O–H groups in total. The van der Waals surface area contributed by atoms with Crippen LogP contribution >= 0.6 is 0 Å². The van der Waals surface area contributed by atoms with E-state index in [1.165, 1.54) is 0 Å². The van der Waals surface area contributed by atoms with E-state index in [2.05, 4.69) is 13.2 Å². The van der Waals surface area contributed by atoms with E-state index in [0.717, 1.165) is 27.8 Å². The largest absolute Gasteiger partial charge is 0.423 e. The molecule has 2 rings (SSSR count). The maximum Gasteiger partial charge on any atom is 0.338 e. The molecule has 0 aliphatic rings. The first-order chi connectivity index (χ1) is 13.1. The molecule has 0 unspecified atom stereocenters. The SMILES string of the molecule is C=C(C)C(=O)Oc1ccccc1-c1c(C)c(C)c(C)c(C)c1OC(=O)C(=C)C. The van der Waals surface area contributed by atoms with Crippen LogP contribution in [0.5, 0.6) is 11.5 Å². The van der Waals surface area contributed by atoms with E-state index in [-0.39, 0.29) is 0 Å². The van der Waals surface area contributed by atoms with Crippen molar-refractivity contribution < 1.29 is 19.1 Å². The van der Waals surface area contributed by atoms with Gasteiger partial charge < -0.3 is 9.47 Å². The summed E-state index contributed by atoms with van der Waals surface area (Å²) in [5.74, 6) is -0.171. The average Bonchev–Trinajstić information content (AvgIpc) is 2.65. The normalized spacial score (nSPS) is 10.4. The molecule has 4 nitrogen and oxygen atoms in total. The molecule has 0 aromatic heterocycles. The van der Waals surface area contributed by atoms with Crippen molar-refractivity contribution in [1.29, 1.82) is 0 Å². The lowest BCUT2D eigenvalue weighted by atomic mass is 9.89. The third-order valence-corrected chi connectivity index (χ3v) is 4.88. The lowest BCUT2D eigenvalue weighted by Crippen LogP contribution is -2.13. The molecule has 0 spiro atoms. The molecule has 2 aromatic carbocycles. The second-order valence-corrected chi connectivity index (χ2v) is 7.04. The number of para-hydroxylation sites is 1. The van der Waals surface area contributed by atoms with E-state index in [1.54, 1.807) is 26.0 Å². The summed E-state index contributed by atoms with van der Waals surface area (Å²) in [7, 11) is 0. The standard InChI is InChI=1S/C24H26O4/c1-13(2)23(25)27-20-12-10-9-11-19(20)21-17(7)15(5)16(6)18(8)22(21)28-24(26)14(3)4/h9-12H,1,3H2,2,4-8H3. The Morgan fingerprint density at radius 2 is 1.25 bits per heavy atom. The Kier molecular flexibility index (Phi) is 6.24. The second kappa shape index (κ2) is 8.26. The first kappa shape index (κ1) is 21.2. The first-order valence-electron chi connectivity index (χ1n) is 9.01. The zero-order valence-corrected chi connectivity index (χ0v) is 17.4. The van der Waals surface area contributed by atoms with Gasteiger partial charge in [0.05, 0.1) is 0 Å². The monoisotopic (exact) mass is 378 g/mol. The third-order valence-electron chi connectivity index (χ3n) is 4.88. The molecule has 0 fully saturated rings. The summed E-state index contributed by atoms with van der Waals surface area (Å²) in [4.78, 5) is 24.4. The molecule has 146 valence electrons. The van der Waals surface area contributed by atoms with Crippen LogP contribution in [0.15, 0.2) is 48.6 Å². The molecule has 0 saturated carbocycles. The molecular weight excluding hydrogens is 352 g/mol. The van der Waals surface area contributed by atoms with Gasteiger partial charge >= 0.3 is 11.9 Å². The van der Waals surface area contributed by atoms with E-state index in [9.17, 15) is 9.59 Å².